The van der Waals surface area contributed by atoms with E-state index in [0.29, 0.717) is 26.2 Å². The second kappa shape index (κ2) is 4.33. The maximum absolute atomic E-state index is 12.3. The third-order valence-electron chi connectivity index (χ3n) is 4.24. The minimum absolute atomic E-state index is 0.0656. The number of fused-ring (bicyclic) bond motifs is 1. The van der Waals surface area contributed by atoms with Crippen molar-refractivity contribution in [3.8, 4) is 0 Å². The minimum atomic E-state index is -4.17. The predicted molar refractivity (Wildman–Crippen MR) is 63.0 cm³/mol. The van der Waals surface area contributed by atoms with Crippen molar-refractivity contribution in [3.05, 3.63) is 0 Å². The molecule has 3 fully saturated rings. The highest BCUT2D eigenvalue weighted by Crippen LogP contribution is 2.38. The number of hydrogen-bond donors (Lipinski definition) is 0. The van der Waals surface area contributed by atoms with Gasteiger partial charge in [0.15, 0.2) is 0 Å². The molecule has 3 aliphatic rings. The van der Waals surface area contributed by atoms with Gasteiger partial charge in [0.2, 0.25) is 10.0 Å². The van der Waals surface area contributed by atoms with Crippen molar-refractivity contribution in [2.24, 2.45) is 11.8 Å². The van der Waals surface area contributed by atoms with Crippen molar-refractivity contribution in [1.82, 2.24) is 9.21 Å². The Labute approximate surface area is 110 Å². The lowest BCUT2D eigenvalue weighted by Gasteiger charge is -2.22. The Morgan fingerprint density at radius 3 is 1.95 bits per heavy atom. The molecule has 2 saturated heterocycles. The summed E-state index contributed by atoms with van der Waals surface area (Å²) in [7, 11) is -3.17. The highest BCUT2D eigenvalue weighted by atomic mass is 32.2. The maximum Gasteiger partial charge on any atom is 0.401 e. The van der Waals surface area contributed by atoms with E-state index in [4.69, 9.17) is 0 Å². The van der Waals surface area contributed by atoms with Crippen LogP contribution in [0, 0.1) is 11.8 Å². The lowest BCUT2D eigenvalue weighted by molar-refractivity contribution is -0.144. The van der Waals surface area contributed by atoms with Gasteiger partial charge in [0.05, 0.1) is 11.8 Å². The first-order valence-corrected chi connectivity index (χ1v) is 8.04. The number of likely N-dealkylation sites (tertiary alicyclic amines) is 1. The van der Waals surface area contributed by atoms with Gasteiger partial charge < -0.3 is 0 Å². The van der Waals surface area contributed by atoms with Gasteiger partial charge in [-0.25, -0.2) is 12.7 Å². The molecular weight excluding hydrogens is 281 g/mol. The molecule has 3 rings (SSSR count). The molecule has 0 aromatic heterocycles. The average molecular weight is 298 g/mol. The average Bonchev–Trinajstić information content (AvgIpc) is 2.92. The summed E-state index contributed by atoms with van der Waals surface area (Å²) in [6.45, 7) is 0.646. The third-order valence-corrected chi connectivity index (χ3v) is 6.57. The summed E-state index contributed by atoms with van der Waals surface area (Å²) in [4.78, 5) is 1.40. The van der Waals surface area contributed by atoms with Crippen LogP contribution >= 0.6 is 0 Å². The van der Waals surface area contributed by atoms with Crippen LogP contribution in [0.2, 0.25) is 0 Å². The fraction of sp³-hybridized carbons (Fsp3) is 1.00. The lowest BCUT2D eigenvalue weighted by Crippen LogP contribution is -2.38. The maximum atomic E-state index is 12.3. The number of alkyl halides is 3. The molecule has 110 valence electrons. The van der Waals surface area contributed by atoms with Crippen LogP contribution in [0.5, 0.6) is 0 Å². The molecule has 4 nitrogen and oxygen atoms in total. The van der Waals surface area contributed by atoms with E-state index in [0.717, 1.165) is 12.8 Å². The summed E-state index contributed by atoms with van der Waals surface area (Å²) >= 11 is 0. The monoisotopic (exact) mass is 298 g/mol. The Morgan fingerprint density at radius 2 is 1.53 bits per heavy atom. The molecule has 1 saturated carbocycles. The van der Waals surface area contributed by atoms with E-state index < -0.39 is 22.7 Å². The largest absolute Gasteiger partial charge is 0.401 e. The predicted octanol–water partition coefficient (Wildman–Crippen LogP) is 0.905. The van der Waals surface area contributed by atoms with Gasteiger partial charge in [0.1, 0.15) is 0 Å². The standard InChI is InChI=1S/C11H17F3N2O2S/c12-11(13,14)7-15-3-8-5-16(6-9(8)4-15)19(17,18)10-1-2-10/h8-10H,1-7H2. The van der Waals surface area contributed by atoms with E-state index in [-0.39, 0.29) is 17.1 Å². The molecule has 0 spiro atoms. The van der Waals surface area contributed by atoms with E-state index in [1.54, 1.807) is 0 Å². The van der Waals surface area contributed by atoms with E-state index >= 15 is 0 Å². The Morgan fingerprint density at radius 1 is 1.00 bits per heavy atom. The molecule has 2 aliphatic heterocycles. The van der Waals surface area contributed by atoms with Gasteiger partial charge in [0, 0.05) is 26.2 Å². The fourth-order valence-corrected chi connectivity index (χ4v) is 5.17. The molecule has 0 aromatic carbocycles. The molecule has 2 atom stereocenters. The van der Waals surface area contributed by atoms with Crippen molar-refractivity contribution in [2.75, 3.05) is 32.7 Å². The molecule has 8 heteroatoms. The van der Waals surface area contributed by atoms with Crippen LogP contribution in [0.15, 0.2) is 0 Å². The number of sulfonamides is 1. The first-order chi connectivity index (χ1) is 8.75. The number of hydrogen-bond acceptors (Lipinski definition) is 3. The Hall–Kier alpha value is -0.340. The van der Waals surface area contributed by atoms with Gasteiger partial charge in [-0.15, -0.1) is 0 Å². The smallest absolute Gasteiger partial charge is 0.294 e. The molecule has 2 unspecified atom stereocenters. The quantitative estimate of drug-likeness (QED) is 0.777. The molecule has 0 amide bonds. The summed E-state index contributed by atoms with van der Waals surface area (Å²) in [5, 5.41) is -0.224. The molecule has 2 heterocycles. The Bertz CT molecular complexity index is 447. The first kappa shape index (κ1) is 13.6. The summed E-state index contributed by atoms with van der Waals surface area (Å²) in [5.41, 5.74) is 0. The van der Waals surface area contributed by atoms with Crippen molar-refractivity contribution in [2.45, 2.75) is 24.3 Å². The summed E-state index contributed by atoms with van der Waals surface area (Å²) in [5.74, 6) is 0.131. The van der Waals surface area contributed by atoms with E-state index in [1.165, 1.54) is 9.21 Å². The van der Waals surface area contributed by atoms with E-state index in [2.05, 4.69) is 0 Å². The van der Waals surface area contributed by atoms with E-state index in [9.17, 15) is 21.6 Å². The zero-order chi connectivity index (χ0) is 13.8. The van der Waals surface area contributed by atoms with Gasteiger partial charge in [0.25, 0.3) is 0 Å². The number of rotatable bonds is 3. The van der Waals surface area contributed by atoms with E-state index in [1.807, 2.05) is 0 Å². The highest BCUT2D eigenvalue weighted by molar-refractivity contribution is 7.90. The van der Waals surface area contributed by atoms with Crippen LogP contribution in [0.3, 0.4) is 0 Å². The summed E-state index contributed by atoms with van der Waals surface area (Å²) < 4.78 is 62.6. The second-order valence-electron chi connectivity index (χ2n) is 5.89. The van der Waals surface area contributed by atoms with Gasteiger partial charge in [-0.3, -0.25) is 4.90 Å². The van der Waals surface area contributed by atoms with Crippen molar-refractivity contribution >= 4 is 10.0 Å². The molecular formula is C11H17F3N2O2S. The summed E-state index contributed by atoms with van der Waals surface area (Å²) in [6.07, 6.45) is -2.71. The topological polar surface area (TPSA) is 40.6 Å². The van der Waals surface area contributed by atoms with Crippen LogP contribution in [-0.4, -0.2) is 61.8 Å². The van der Waals surface area contributed by atoms with Gasteiger partial charge in [-0.2, -0.15) is 13.2 Å². The van der Waals surface area contributed by atoms with Crippen LogP contribution in [0.1, 0.15) is 12.8 Å². The normalized spacial score (nSPS) is 33.8. The molecule has 1 aliphatic carbocycles. The third kappa shape index (κ3) is 2.75. The van der Waals surface area contributed by atoms with Crippen LogP contribution in [0.4, 0.5) is 13.2 Å². The van der Waals surface area contributed by atoms with Crippen molar-refractivity contribution < 1.29 is 21.6 Å². The minimum Gasteiger partial charge on any atom is -0.294 e. The molecule has 0 aromatic rings. The molecule has 0 radical (unpaired) electrons. The van der Waals surface area contributed by atoms with Gasteiger partial charge in [-0.05, 0) is 24.7 Å². The van der Waals surface area contributed by atoms with Crippen LogP contribution in [0.25, 0.3) is 0 Å². The highest BCUT2D eigenvalue weighted by Gasteiger charge is 2.49. The Balaban J connectivity index is 1.59. The Kier molecular flexibility index (Phi) is 3.10. The SMILES string of the molecule is O=S(=O)(C1CC1)N1CC2CN(CC(F)(F)F)CC2C1. The van der Waals surface area contributed by atoms with Crippen LogP contribution in [-0.2, 0) is 10.0 Å². The zero-order valence-corrected chi connectivity index (χ0v) is 11.3. The second-order valence-corrected chi connectivity index (χ2v) is 8.10. The molecule has 0 bridgehead atoms. The summed E-state index contributed by atoms with van der Waals surface area (Å²) in [6, 6.07) is 0. The lowest BCUT2D eigenvalue weighted by atomic mass is 10.0. The zero-order valence-electron chi connectivity index (χ0n) is 10.4. The first-order valence-electron chi connectivity index (χ1n) is 6.54. The van der Waals surface area contributed by atoms with Gasteiger partial charge in [-0.1, -0.05) is 0 Å². The fourth-order valence-electron chi connectivity index (χ4n) is 3.21. The van der Waals surface area contributed by atoms with Gasteiger partial charge >= 0.3 is 6.18 Å². The molecule has 19 heavy (non-hydrogen) atoms. The number of halogens is 3. The van der Waals surface area contributed by atoms with Crippen molar-refractivity contribution in [1.29, 1.82) is 0 Å². The van der Waals surface area contributed by atoms with Crippen LogP contribution < -0.4 is 0 Å². The molecule has 0 N–H and O–H groups in total. The van der Waals surface area contributed by atoms with Crippen molar-refractivity contribution in [3.63, 3.8) is 0 Å². The number of nitrogens with zero attached hydrogens (tertiary/aromatic N) is 2.